The summed E-state index contributed by atoms with van der Waals surface area (Å²) in [6.45, 7) is 0.477. The Morgan fingerprint density at radius 1 is 1.12 bits per heavy atom. The summed E-state index contributed by atoms with van der Waals surface area (Å²) < 4.78 is 23.7. The van der Waals surface area contributed by atoms with Crippen molar-refractivity contribution in [3.63, 3.8) is 0 Å². The van der Waals surface area contributed by atoms with E-state index in [2.05, 4.69) is 0 Å². The zero-order valence-electron chi connectivity index (χ0n) is 14.5. The second kappa shape index (κ2) is 7.55. The molecule has 1 saturated carbocycles. The van der Waals surface area contributed by atoms with E-state index < -0.39 is 0 Å². The first-order chi connectivity index (χ1) is 12.1. The fraction of sp³-hybridized carbons (Fsp3) is 0.350. The number of rotatable bonds is 7. The maximum Gasteiger partial charge on any atom is 0.227 e. The minimum absolute atomic E-state index is 0.0407. The van der Waals surface area contributed by atoms with Crippen LogP contribution in [0.3, 0.4) is 0 Å². The van der Waals surface area contributed by atoms with Crippen molar-refractivity contribution in [2.24, 2.45) is 0 Å². The lowest BCUT2D eigenvalue weighted by Crippen LogP contribution is -2.34. The summed E-state index contributed by atoms with van der Waals surface area (Å²) in [4.78, 5) is 14.7. The van der Waals surface area contributed by atoms with Crippen LogP contribution in [0.4, 0.5) is 4.39 Å². The van der Waals surface area contributed by atoms with Gasteiger partial charge in [0, 0.05) is 18.2 Å². The van der Waals surface area contributed by atoms with E-state index in [0.717, 1.165) is 35.5 Å². The van der Waals surface area contributed by atoms with Crippen LogP contribution in [0.5, 0.6) is 11.5 Å². The Hall–Kier alpha value is -2.56. The molecule has 4 nitrogen and oxygen atoms in total. The summed E-state index contributed by atoms with van der Waals surface area (Å²) in [5.41, 5.74) is 1.73. The van der Waals surface area contributed by atoms with Gasteiger partial charge in [-0.05, 0) is 48.7 Å². The molecular formula is C20H22FNO3. The molecular weight excluding hydrogens is 321 g/mol. The van der Waals surface area contributed by atoms with Gasteiger partial charge in [0.2, 0.25) is 5.91 Å². The molecule has 2 aromatic carbocycles. The number of carbonyl (C=O) groups is 1. The minimum atomic E-state index is -0.295. The molecule has 0 unspecified atom stereocenters. The average molecular weight is 343 g/mol. The summed E-state index contributed by atoms with van der Waals surface area (Å²) in [6.07, 6.45) is 2.30. The quantitative estimate of drug-likeness (QED) is 0.771. The van der Waals surface area contributed by atoms with E-state index in [1.807, 2.05) is 23.1 Å². The fourth-order valence-corrected chi connectivity index (χ4v) is 2.87. The molecule has 2 aromatic rings. The van der Waals surface area contributed by atoms with Gasteiger partial charge in [-0.15, -0.1) is 0 Å². The fourth-order valence-electron chi connectivity index (χ4n) is 2.87. The molecule has 0 N–H and O–H groups in total. The van der Waals surface area contributed by atoms with E-state index in [-0.39, 0.29) is 24.2 Å². The number of benzene rings is 2. The van der Waals surface area contributed by atoms with Crippen molar-refractivity contribution in [3.8, 4) is 11.5 Å². The second-order valence-electron chi connectivity index (χ2n) is 6.23. The molecule has 1 aliphatic rings. The van der Waals surface area contributed by atoms with Gasteiger partial charge >= 0.3 is 0 Å². The van der Waals surface area contributed by atoms with Crippen LogP contribution < -0.4 is 9.47 Å². The predicted octanol–water partition coefficient (Wildman–Crippen LogP) is 3.58. The molecule has 0 bridgehead atoms. The lowest BCUT2D eigenvalue weighted by Gasteiger charge is -2.24. The van der Waals surface area contributed by atoms with Gasteiger partial charge in [-0.3, -0.25) is 4.79 Å². The lowest BCUT2D eigenvalue weighted by atomic mass is 10.1. The van der Waals surface area contributed by atoms with Crippen LogP contribution in [0.1, 0.15) is 24.0 Å². The smallest absolute Gasteiger partial charge is 0.227 e. The van der Waals surface area contributed by atoms with E-state index in [1.165, 1.54) is 12.1 Å². The van der Waals surface area contributed by atoms with Crippen LogP contribution in [-0.4, -0.2) is 31.1 Å². The third-order valence-corrected chi connectivity index (χ3v) is 4.40. The van der Waals surface area contributed by atoms with E-state index in [9.17, 15) is 9.18 Å². The average Bonchev–Trinajstić information content (AvgIpc) is 3.46. The zero-order valence-corrected chi connectivity index (χ0v) is 14.5. The molecule has 132 valence electrons. The molecule has 1 aliphatic carbocycles. The molecule has 0 aromatic heterocycles. The predicted molar refractivity (Wildman–Crippen MR) is 93.2 cm³/mol. The SMILES string of the molecule is COc1ccc(OC)c(CN(C(=O)Cc2ccc(F)cc2)C2CC2)c1. The van der Waals surface area contributed by atoms with Gasteiger partial charge in [0.05, 0.1) is 20.6 Å². The van der Waals surface area contributed by atoms with Gasteiger partial charge in [-0.25, -0.2) is 4.39 Å². The Morgan fingerprint density at radius 3 is 2.44 bits per heavy atom. The molecule has 0 aliphatic heterocycles. The van der Waals surface area contributed by atoms with Crippen molar-refractivity contribution in [1.29, 1.82) is 0 Å². The standard InChI is InChI=1S/C20H22FNO3/c1-24-18-9-10-19(25-2)15(12-18)13-22(17-7-8-17)20(23)11-14-3-5-16(21)6-4-14/h3-6,9-10,12,17H,7-8,11,13H2,1-2H3. The molecule has 0 atom stereocenters. The molecule has 0 radical (unpaired) electrons. The van der Waals surface area contributed by atoms with E-state index in [1.54, 1.807) is 26.4 Å². The first-order valence-corrected chi connectivity index (χ1v) is 8.35. The van der Waals surface area contributed by atoms with Gasteiger partial charge < -0.3 is 14.4 Å². The molecule has 0 spiro atoms. The monoisotopic (exact) mass is 343 g/mol. The lowest BCUT2D eigenvalue weighted by molar-refractivity contribution is -0.131. The summed E-state index contributed by atoms with van der Waals surface area (Å²) in [5.74, 6) is 1.22. The highest BCUT2D eigenvalue weighted by molar-refractivity contribution is 5.79. The highest BCUT2D eigenvalue weighted by Gasteiger charge is 2.33. The molecule has 3 rings (SSSR count). The Labute approximate surface area is 147 Å². The highest BCUT2D eigenvalue weighted by Crippen LogP contribution is 2.32. The largest absolute Gasteiger partial charge is 0.497 e. The van der Waals surface area contributed by atoms with Crippen LogP contribution in [-0.2, 0) is 17.8 Å². The summed E-state index contributed by atoms with van der Waals surface area (Å²) >= 11 is 0. The summed E-state index contributed by atoms with van der Waals surface area (Å²) in [7, 11) is 3.23. The van der Waals surface area contributed by atoms with Crippen molar-refractivity contribution < 1.29 is 18.7 Å². The Balaban J connectivity index is 1.77. The van der Waals surface area contributed by atoms with Gasteiger partial charge in [0.1, 0.15) is 17.3 Å². The third-order valence-electron chi connectivity index (χ3n) is 4.40. The molecule has 5 heteroatoms. The molecule has 1 amide bonds. The minimum Gasteiger partial charge on any atom is -0.497 e. The van der Waals surface area contributed by atoms with Crippen molar-refractivity contribution >= 4 is 5.91 Å². The molecule has 0 saturated heterocycles. The second-order valence-corrected chi connectivity index (χ2v) is 6.23. The normalized spacial score (nSPS) is 13.4. The van der Waals surface area contributed by atoms with Crippen LogP contribution in [0, 0.1) is 5.82 Å². The number of hydrogen-bond donors (Lipinski definition) is 0. The van der Waals surface area contributed by atoms with Gasteiger partial charge in [0.25, 0.3) is 0 Å². The number of amides is 1. The van der Waals surface area contributed by atoms with E-state index in [0.29, 0.717) is 6.54 Å². The summed E-state index contributed by atoms with van der Waals surface area (Å²) in [5, 5.41) is 0. The maximum atomic E-state index is 13.0. The van der Waals surface area contributed by atoms with Crippen molar-refractivity contribution in [2.45, 2.75) is 31.8 Å². The molecule has 0 heterocycles. The Bertz CT molecular complexity index is 741. The van der Waals surface area contributed by atoms with Crippen LogP contribution >= 0.6 is 0 Å². The first kappa shape index (κ1) is 17.3. The van der Waals surface area contributed by atoms with Gasteiger partial charge in [0.15, 0.2) is 0 Å². The Morgan fingerprint density at radius 2 is 1.84 bits per heavy atom. The number of nitrogens with zero attached hydrogens (tertiary/aromatic N) is 1. The van der Waals surface area contributed by atoms with E-state index in [4.69, 9.17) is 9.47 Å². The number of hydrogen-bond acceptors (Lipinski definition) is 3. The Kier molecular flexibility index (Phi) is 5.22. The van der Waals surface area contributed by atoms with Crippen molar-refractivity contribution in [1.82, 2.24) is 4.90 Å². The number of carbonyl (C=O) groups excluding carboxylic acids is 1. The van der Waals surface area contributed by atoms with Crippen molar-refractivity contribution in [3.05, 3.63) is 59.4 Å². The summed E-state index contributed by atoms with van der Waals surface area (Å²) in [6, 6.07) is 11.9. The van der Waals surface area contributed by atoms with Gasteiger partial charge in [-0.1, -0.05) is 12.1 Å². The number of methoxy groups -OCH3 is 2. The number of halogens is 1. The first-order valence-electron chi connectivity index (χ1n) is 8.35. The van der Waals surface area contributed by atoms with Gasteiger partial charge in [-0.2, -0.15) is 0 Å². The van der Waals surface area contributed by atoms with Crippen molar-refractivity contribution in [2.75, 3.05) is 14.2 Å². The van der Waals surface area contributed by atoms with Crippen LogP contribution in [0.2, 0.25) is 0 Å². The molecule has 1 fully saturated rings. The van der Waals surface area contributed by atoms with Crippen LogP contribution in [0.25, 0.3) is 0 Å². The van der Waals surface area contributed by atoms with E-state index >= 15 is 0 Å². The topological polar surface area (TPSA) is 38.8 Å². The highest BCUT2D eigenvalue weighted by atomic mass is 19.1. The van der Waals surface area contributed by atoms with Crippen LogP contribution in [0.15, 0.2) is 42.5 Å². The number of ether oxygens (including phenoxy) is 2. The zero-order chi connectivity index (χ0) is 17.8. The maximum absolute atomic E-state index is 13.0. The molecule has 25 heavy (non-hydrogen) atoms. The third kappa shape index (κ3) is 4.29.